The van der Waals surface area contributed by atoms with E-state index in [0.29, 0.717) is 20.6 Å². The van der Waals surface area contributed by atoms with Gasteiger partial charge in [-0.2, -0.15) is 0 Å². The van der Waals surface area contributed by atoms with Crippen LogP contribution in [0.4, 0.5) is 8.78 Å². The molecule has 0 spiro atoms. The molecule has 0 bridgehead atoms. The van der Waals surface area contributed by atoms with Crippen molar-refractivity contribution in [3.63, 3.8) is 0 Å². The second-order valence-electron chi connectivity index (χ2n) is 4.01. The summed E-state index contributed by atoms with van der Waals surface area (Å²) in [5.74, 6) is -2.10. The molecule has 0 amide bonds. The zero-order valence-electron chi connectivity index (χ0n) is 9.59. The predicted molar refractivity (Wildman–Crippen MR) is 73.5 cm³/mol. The molecule has 0 unspecified atom stereocenters. The van der Waals surface area contributed by atoms with Gasteiger partial charge in [-0.3, -0.25) is 4.79 Å². The van der Waals surface area contributed by atoms with Crippen LogP contribution in [0.1, 0.15) is 15.9 Å². The molecule has 98 valence electrons. The summed E-state index contributed by atoms with van der Waals surface area (Å²) in [6, 6.07) is 8.24. The Morgan fingerprint density at radius 1 is 1.11 bits per heavy atom. The third-order valence-corrected chi connectivity index (χ3v) is 3.21. The topological polar surface area (TPSA) is 17.1 Å². The van der Waals surface area contributed by atoms with Crippen molar-refractivity contribution in [1.82, 2.24) is 0 Å². The molecule has 0 aliphatic rings. The van der Waals surface area contributed by atoms with Gasteiger partial charge in [0.05, 0.1) is 0 Å². The second kappa shape index (κ2) is 5.80. The Kier molecular flexibility index (Phi) is 4.32. The van der Waals surface area contributed by atoms with Crippen LogP contribution in [0.25, 0.3) is 0 Å². The van der Waals surface area contributed by atoms with Gasteiger partial charge in [-0.15, -0.1) is 0 Å². The number of ketones is 1. The van der Waals surface area contributed by atoms with Gasteiger partial charge in [0, 0.05) is 21.5 Å². The number of hydrogen-bond acceptors (Lipinski definition) is 1. The van der Waals surface area contributed by atoms with Crippen LogP contribution in [0.15, 0.2) is 40.9 Å². The molecule has 0 fully saturated rings. The fourth-order valence-corrected chi connectivity index (χ4v) is 2.51. The maximum Gasteiger partial charge on any atom is 0.167 e. The third kappa shape index (κ3) is 3.61. The van der Waals surface area contributed by atoms with E-state index >= 15 is 0 Å². The Labute approximate surface area is 122 Å². The first-order chi connectivity index (χ1) is 8.95. The van der Waals surface area contributed by atoms with Crippen LogP contribution >= 0.6 is 27.5 Å². The van der Waals surface area contributed by atoms with Crippen LogP contribution < -0.4 is 0 Å². The summed E-state index contributed by atoms with van der Waals surface area (Å²) in [5, 5.41) is 0.433. The van der Waals surface area contributed by atoms with Crippen molar-refractivity contribution in [3.05, 3.63) is 68.7 Å². The largest absolute Gasteiger partial charge is 0.294 e. The van der Waals surface area contributed by atoms with Gasteiger partial charge in [0.1, 0.15) is 0 Å². The smallest absolute Gasteiger partial charge is 0.167 e. The molecule has 19 heavy (non-hydrogen) atoms. The van der Waals surface area contributed by atoms with Gasteiger partial charge < -0.3 is 0 Å². The molecule has 0 heterocycles. The highest BCUT2D eigenvalue weighted by Gasteiger charge is 2.11. The molecule has 2 rings (SSSR count). The molecule has 0 aliphatic carbocycles. The summed E-state index contributed by atoms with van der Waals surface area (Å²) < 4.78 is 26.5. The molecular weight excluding hydrogens is 338 g/mol. The minimum Gasteiger partial charge on any atom is -0.294 e. The van der Waals surface area contributed by atoms with Gasteiger partial charge >= 0.3 is 0 Å². The van der Waals surface area contributed by atoms with Crippen LogP contribution in [-0.2, 0) is 6.42 Å². The van der Waals surface area contributed by atoms with Crippen molar-refractivity contribution in [1.29, 1.82) is 0 Å². The molecule has 0 saturated carbocycles. The lowest BCUT2D eigenvalue weighted by Gasteiger charge is -2.04. The number of halogens is 4. The second-order valence-corrected chi connectivity index (χ2v) is 5.36. The lowest BCUT2D eigenvalue weighted by atomic mass is 10.0. The highest BCUT2D eigenvalue weighted by atomic mass is 79.9. The van der Waals surface area contributed by atoms with E-state index < -0.39 is 11.6 Å². The summed E-state index contributed by atoms with van der Waals surface area (Å²) in [5.41, 5.74) is 0.837. The molecule has 1 nitrogen and oxygen atoms in total. The summed E-state index contributed by atoms with van der Waals surface area (Å²) in [4.78, 5) is 12.0. The van der Waals surface area contributed by atoms with E-state index in [1.165, 1.54) is 12.1 Å². The number of carbonyl (C=O) groups is 1. The molecule has 0 aliphatic heterocycles. The maximum absolute atomic E-state index is 13.0. The molecule has 0 radical (unpaired) electrons. The molecular formula is C14H8BrClF2O. The summed E-state index contributed by atoms with van der Waals surface area (Å²) in [6.07, 6.45) is -0.00994. The first-order valence-electron chi connectivity index (χ1n) is 5.39. The van der Waals surface area contributed by atoms with Crippen LogP contribution in [0.2, 0.25) is 5.02 Å². The zero-order valence-corrected chi connectivity index (χ0v) is 11.9. The van der Waals surface area contributed by atoms with E-state index in [2.05, 4.69) is 15.9 Å². The Balaban J connectivity index is 2.22. The number of rotatable bonds is 3. The van der Waals surface area contributed by atoms with Crippen molar-refractivity contribution in [2.45, 2.75) is 6.42 Å². The molecule has 0 N–H and O–H groups in total. The Morgan fingerprint density at radius 2 is 1.84 bits per heavy atom. The highest BCUT2D eigenvalue weighted by Crippen LogP contribution is 2.21. The van der Waals surface area contributed by atoms with Gasteiger partial charge in [-0.1, -0.05) is 33.6 Å². The summed E-state index contributed by atoms with van der Waals surface area (Å²) in [7, 11) is 0. The van der Waals surface area contributed by atoms with Gasteiger partial charge in [0.2, 0.25) is 0 Å². The molecule has 0 atom stereocenters. The summed E-state index contributed by atoms with van der Waals surface area (Å²) >= 11 is 9.09. The van der Waals surface area contributed by atoms with Crippen molar-refractivity contribution >= 4 is 33.3 Å². The van der Waals surface area contributed by atoms with Crippen LogP contribution in [0.5, 0.6) is 0 Å². The SMILES string of the molecule is O=C(Cc1ccc(F)c(F)c1)c1cc(Cl)cc(Br)c1. The van der Waals surface area contributed by atoms with Crippen molar-refractivity contribution in [3.8, 4) is 0 Å². The predicted octanol–water partition coefficient (Wildman–Crippen LogP) is 4.81. The standard InChI is InChI=1S/C14H8BrClF2O/c15-10-5-9(6-11(16)7-10)14(19)4-8-1-2-12(17)13(18)3-8/h1-3,5-7H,4H2. The monoisotopic (exact) mass is 344 g/mol. The first-order valence-corrected chi connectivity index (χ1v) is 6.56. The Morgan fingerprint density at radius 3 is 2.47 bits per heavy atom. The normalized spacial score (nSPS) is 10.5. The van der Waals surface area contributed by atoms with E-state index in [0.717, 1.165) is 12.1 Å². The first kappa shape index (κ1) is 14.2. The maximum atomic E-state index is 13.0. The number of Topliss-reactive ketones (excluding diaryl/α,β-unsaturated/α-hetero) is 1. The van der Waals surface area contributed by atoms with Crippen LogP contribution in [0.3, 0.4) is 0 Å². The third-order valence-electron chi connectivity index (χ3n) is 2.53. The van der Waals surface area contributed by atoms with E-state index in [4.69, 9.17) is 11.6 Å². The molecule has 2 aromatic rings. The minimum atomic E-state index is -0.961. The molecule has 0 aromatic heterocycles. The molecule has 5 heteroatoms. The fraction of sp³-hybridized carbons (Fsp3) is 0.0714. The van der Waals surface area contributed by atoms with Gasteiger partial charge in [0.25, 0.3) is 0 Å². The Bertz CT molecular complexity index is 623. The summed E-state index contributed by atoms with van der Waals surface area (Å²) in [6.45, 7) is 0. The molecule has 2 aromatic carbocycles. The lowest BCUT2D eigenvalue weighted by molar-refractivity contribution is 0.0993. The van der Waals surface area contributed by atoms with Crippen LogP contribution in [-0.4, -0.2) is 5.78 Å². The minimum absolute atomic E-state index is 0.00994. The molecule has 0 saturated heterocycles. The quantitative estimate of drug-likeness (QED) is 0.730. The van der Waals surface area contributed by atoms with Crippen molar-refractivity contribution in [2.75, 3.05) is 0 Å². The average Bonchev–Trinajstić information content (AvgIpc) is 2.32. The number of hydrogen-bond donors (Lipinski definition) is 0. The highest BCUT2D eigenvalue weighted by molar-refractivity contribution is 9.10. The van der Waals surface area contributed by atoms with Gasteiger partial charge in [-0.05, 0) is 35.9 Å². The van der Waals surface area contributed by atoms with Crippen molar-refractivity contribution in [2.24, 2.45) is 0 Å². The number of carbonyl (C=O) groups excluding carboxylic acids is 1. The lowest BCUT2D eigenvalue weighted by Crippen LogP contribution is -2.04. The van der Waals surface area contributed by atoms with E-state index in [9.17, 15) is 13.6 Å². The Hall–Kier alpha value is -1.26. The van der Waals surface area contributed by atoms with Crippen molar-refractivity contribution < 1.29 is 13.6 Å². The fourth-order valence-electron chi connectivity index (χ4n) is 1.65. The van der Waals surface area contributed by atoms with Gasteiger partial charge in [-0.25, -0.2) is 8.78 Å². The van der Waals surface area contributed by atoms with E-state index in [1.807, 2.05) is 0 Å². The van der Waals surface area contributed by atoms with Crippen LogP contribution in [0, 0.1) is 11.6 Å². The zero-order chi connectivity index (χ0) is 14.0. The van der Waals surface area contributed by atoms with E-state index in [-0.39, 0.29) is 12.2 Å². The average molecular weight is 346 g/mol. The van der Waals surface area contributed by atoms with Gasteiger partial charge in [0.15, 0.2) is 17.4 Å². The number of benzene rings is 2. The van der Waals surface area contributed by atoms with E-state index in [1.54, 1.807) is 12.1 Å².